The van der Waals surface area contributed by atoms with Crippen LogP contribution in [-0.4, -0.2) is 4.57 Å². The van der Waals surface area contributed by atoms with Gasteiger partial charge in [-0.2, -0.15) is 0 Å². The first-order valence-corrected chi connectivity index (χ1v) is 7.95. The number of benzene rings is 1. The van der Waals surface area contributed by atoms with Gasteiger partial charge in [0.15, 0.2) is 5.43 Å². The summed E-state index contributed by atoms with van der Waals surface area (Å²) in [6.45, 7) is 7.86. The summed E-state index contributed by atoms with van der Waals surface area (Å²) in [4.78, 5) is 12.1. The lowest BCUT2D eigenvalue weighted by Gasteiger charge is -2.21. The molecule has 1 heterocycles. The lowest BCUT2D eigenvalue weighted by atomic mass is 9.96. The molecule has 0 bridgehead atoms. The van der Waals surface area contributed by atoms with Crippen LogP contribution in [0.15, 0.2) is 41.3 Å². The zero-order valence-corrected chi connectivity index (χ0v) is 14.0. The minimum absolute atomic E-state index is 0.000756. The van der Waals surface area contributed by atoms with Crippen molar-refractivity contribution in [2.75, 3.05) is 0 Å². The molecule has 1 aromatic heterocycles. The molecule has 118 valence electrons. The van der Waals surface area contributed by atoms with E-state index in [1.54, 1.807) is 6.07 Å². The zero-order chi connectivity index (χ0) is 16.3. The van der Waals surface area contributed by atoms with Gasteiger partial charge >= 0.3 is 0 Å². The van der Waals surface area contributed by atoms with Crippen LogP contribution in [-0.2, 0) is 12.0 Å². The molecule has 0 unspecified atom stereocenters. The summed E-state index contributed by atoms with van der Waals surface area (Å²) < 4.78 is 2.04. The number of hydrogen-bond acceptors (Lipinski definition) is 2. The molecule has 3 heteroatoms. The molecular formula is C19H26N2O. The largest absolute Gasteiger partial charge is 0.322 e. The van der Waals surface area contributed by atoms with E-state index in [0.717, 1.165) is 17.8 Å². The highest BCUT2D eigenvalue weighted by atomic mass is 16.1. The molecule has 0 aliphatic heterocycles. The number of aromatic nitrogens is 1. The van der Waals surface area contributed by atoms with Crippen molar-refractivity contribution in [2.45, 2.75) is 52.5 Å². The van der Waals surface area contributed by atoms with Gasteiger partial charge in [0.1, 0.15) is 0 Å². The van der Waals surface area contributed by atoms with Gasteiger partial charge in [0.05, 0.1) is 0 Å². The number of nitrogens with zero attached hydrogens (tertiary/aromatic N) is 1. The number of aryl methyl sites for hydroxylation is 2. The van der Waals surface area contributed by atoms with Gasteiger partial charge in [-0.3, -0.25) is 4.79 Å². The fourth-order valence-corrected chi connectivity index (χ4v) is 2.60. The van der Waals surface area contributed by atoms with Crippen LogP contribution in [0, 0.1) is 6.92 Å². The topological polar surface area (TPSA) is 48.0 Å². The maximum Gasteiger partial charge on any atom is 0.186 e. The summed E-state index contributed by atoms with van der Waals surface area (Å²) in [6.07, 6.45) is 5.40. The molecule has 0 amide bonds. The van der Waals surface area contributed by atoms with Gasteiger partial charge in [-0.1, -0.05) is 25.5 Å². The quantitative estimate of drug-likeness (QED) is 0.915. The van der Waals surface area contributed by atoms with Crippen molar-refractivity contribution in [2.24, 2.45) is 5.73 Å². The molecular weight excluding hydrogens is 272 g/mol. The van der Waals surface area contributed by atoms with Crippen molar-refractivity contribution in [3.05, 3.63) is 63.6 Å². The molecule has 1 aromatic carbocycles. The first-order chi connectivity index (χ1) is 10.3. The van der Waals surface area contributed by atoms with Crippen LogP contribution in [0.1, 0.15) is 50.4 Å². The molecule has 22 heavy (non-hydrogen) atoms. The predicted molar refractivity (Wildman–Crippen MR) is 92.6 cm³/mol. The van der Waals surface area contributed by atoms with Crippen LogP contribution < -0.4 is 11.2 Å². The van der Waals surface area contributed by atoms with Crippen molar-refractivity contribution in [1.29, 1.82) is 0 Å². The summed E-state index contributed by atoms with van der Waals surface area (Å²) in [5, 5.41) is 0. The molecule has 0 saturated carbocycles. The van der Waals surface area contributed by atoms with Gasteiger partial charge in [0, 0.05) is 34.7 Å². The highest BCUT2D eigenvalue weighted by Gasteiger charge is 2.19. The van der Waals surface area contributed by atoms with Gasteiger partial charge in [-0.05, 0) is 51.3 Å². The Morgan fingerprint density at radius 3 is 2.36 bits per heavy atom. The second-order valence-corrected chi connectivity index (χ2v) is 6.55. The molecule has 0 spiro atoms. The fraction of sp³-hybridized carbons (Fsp3) is 0.421. The summed E-state index contributed by atoms with van der Waals surface area (Å²) in [5.41, 5.74) is 9.43. The Kier molecular flexibility index (Phi) is 4.87. The third-order valence-electron chi connectivity index (χ3n) is 3.97. The lowest BCUT2D eigenvalue weighted by Crippen LogP contribution is -2.35. The highest BCUT2D eigenvalue weighted by molar-refractivity contribution is 5.38. The maximum atomic E-state index is 12.1. The van der Waals surface area contributed by atoms with Crippen LogP contribution in [0.5, 0.6) is 0 Å². The minimum atomic E-state index is -0.645. The van der Waals surface area contributed by atoms with Gasteiger partial charge in [0.25, 0.3) is 0 Å². The van der Waals surface area contributed by atoms with Crippen molar-refractivity contribution in [3.63, 3.8) is 0 Å². The minimum Gasteiger partial charge on any atom is -0.322 e. The monoisotopic (exact) mass is 298 g/mol. The van der Waals surface area contributed by atoms with Crippen LogP contribution in [0.25, 0.3) is 5.69 Å². The van der Waals surface area contributed by atoms with E-state index in [2.05, 4.69) is 31.2 Å². The molecule has 2 N–H and O–H groups in total. The SMILES string of the molecule is CCCCc1ccc(-n2cc(C(C)(C)N)c(=O)cc2C)cc1. The Morgan fingerprint density at radius 2 is 1.82 bits per heavy atom. The number of unbranched alkanes of at least 4 members (excludes halogenated alkanes) is 1. The van der Waals surface area contributed by atoms with E-state index in [0.29, 0.717) is 5.56 Å². The number of pyridine rings is 1. The molecule has 3 nitrogen and oxygen atoms in total. The first kappa shape index (κ1) is 16.5. The van der Waals surface area contributed by atoms with Crippen molar-refractivity contribution >= 4 is 0 Å². The Bertz CT molecular complexity index is 691. The second kappa shape index (κ2) is 6.49. The third kappa shape index (κ3) is 3.66. The molecule has 2 aromatic rings. The van der Waals surface area contributed by atoms with Crippen LogP contribution >= 0.6 is 0 Å². The van der Waals surface area contributed by atoms with Gasteiger partial charge in [0.2, 0.25) is 0 Å². The zero-order valence-electron chi connectivity index (χ0n) is 14.0. The molecule has 0 saturated heterocycles. The number of hydrogen-bond donors (Lipinski definition) is 1. The Morgan fingerprint density at radius 1 is 1.18 bits per heavy atom. The second-order valence-electron chi connectivity index (χ2n) is 6.55. The van der Waals surface area contributed by atoms with E-state index in [-0.39, 0.29) is 5.43 Å². The van der Waals surface area contributed by atoms with Crippen LogP contribution in [0.3, 0.4) is 0 Å². The third-order valence-corrected chi connectivity index (χ3v) is 3.97. The van der Waals surface area contributed by atoms with Crippen molar-refractivity contribution < 1.29 is 0 Å². The summed E-state index contributed by atoms with van der Waals surface area (Å²) in [5.74, 6) is 0. The maximum absolute atomic E-state index is 12.1. The first-order valence-electron chi connectivity index (χ1n) is 7.95. The smallest absolute Gasteiger partial charge is 0.186 e. The molecule has 0 atom stereocenters. The summed E-state index contributed by atoms with van der Waals surface area (Å²) in [6, 6.07) is 10.2. The van der Waals surface area contributed by atoms with Gasteiger partial charge in [-0.25, -0.2) is 0 Å². The van der Waals surface area contributed by atoms with E-state index in [1.807, 2.05) is 31.5 Å². The van der Waals surface area contributed by atoms with Gasteiger partial charge in [-0.15, -0.1) is 0 Å². The molecule has 0 fully saturated rings. The lowest BCUT2D eigenvalue weighted by molar-refractivity contribution is 0.544. The van der Waals surface area contributed by atoms with E-state index in [9.17, 15) is 4.79 Å². The van der Waals surface area contributed by atoms with Gasteiger partial charge < -0.3 is 10.3 Å². The van der Waals surface area contributed by atoms with Crippen molar-refractivity contribution in [3.8, 4) is 5.69 Å². The summed E-state index contributed by atoms with van der Waals surface area (Å²) in [7, 11) is 0. The Hall–Kier alpha value is -1.87. The predicted octanol–water partition coefficient (Wildman–Crippen LogP) is 3.68. The molecule has 0 aliphatic rings. The highest BCUT2D eigenvalue weighted by Crippen LogP contribution is 2.18. The van der Waals surface area contributed by atoms with Crippen LogP contribution in [0.4, 0.5) is 0 Å². The van der Waals surface area contributed by atoms with E-state index in [1.165, 1.54) is 18.4 Å². The number of nitrogens with two attached hydrogens (primary N) is 1. The molecule has 0 radical (unpaired) electrons. The number of rotatable bonds is 5. The van der Waals surface area contributed by atoms with E-state index >= 15 is 0 Å². The van der Waals surface area contributed by atoms with Crippen molar-refractivity contribution in [1.82, 2.24) is 4.57 Å². The standard InChI is InChI=1S/C19H26N2O/c1-5-6-7-15-8-10-16(11-9-15)21-13-17(19(3,4)20)18(22)12-14(21)2/h8-13H,5-7,20H2,1-4H3. The Balaban J connectivity index is 2.42. The molecule has 0 aliphatic carbocycles. The van der Waals surface area contributed by atoms with Crippen LogP contribution in [0.2, 0.25) is 0 Å². The average molecular weight is 298 g/mol. The van der Waals surface area contributed by atoms with E-state index < -0.39 is 5.54 Å². The van der Waals surface area contributed by atoms with E-state index in [4.69, 9.17) is 5.73 Å². The Labute approximate surface area is 132 Å². The molecule has 2 rings (SSSR count). The summed E-state index contributed by atoms with van der Waals surface area (Å²) >= 11 is 0. The normalized spacial score (nSPS) is 11.7. The fourth-order valence-electron chi connectivity index (χ4n) is 2.60. The average Bonchev–Trinajstić information content (AvgIpc) is 2.44.